The molecule has 0 unspecified atom stereocenters. The highest BCUT2D eigenvalue weighted by Gasteiger charge is 2.52. The van der Waals surface area contributed by atoms with Gasteiger partial charge in [-0.1, -0.05) is 18.2 Å². The van der Waals surface area contributed by atoms with Gasteiger partial charge in [0.2, 0.25) is 11.8 Å². The maximum Gasteiger partial charge on any atom is 0.265 e. The van der Waals surface area contributed by atoms with Crippen LogP contribution in [0.15, 0.2) is 63.9 Å². The van der Waals surface area contributed by atoms with Gasteiger partial charge in [0, 0.05) is 25.2 Å². The number of aryl methyl sites for hydroxylation is 1. The maximum atomic E-state index is 13.3. The van der Waals surface area contributed by atoms with E-state index in [-0.39, 0.29) is 31.0 Å². The largest absolute Gasteiger partial charge is 0.494 e. The second-order valence-corrected chi connectivity index (χ2v) is 10.1. The van der Waals surface area contributed by atoms with Gasteiger partial charge in [0.25, 0.3) is 5.91 Å². The van der Waals surface area contributed by atoms with E-state index >= 15 is 0 Å². The maximum absolute atomic E-state index is 13.3. The molecule has 0 saturated carbocycles. The summed E-state index contributed by atoms with van der Waals surface area (Å²) < 4.78 is 41.3. The molecule has 0 bridgehead atoms. The van der Waals surface area contributed by atoms with Crippen molar-refractivity contribution < 1.29 is 32.3 Å². The van der Waals surface area contributed by atoms with E-state index in [1.54, 1.807) is 0 Å². The van der Waals surface area contributed by atoms with Crippen LogP contribution in [0.5, 0.6) is 5.75 Å². The summed E-state index contributed by atoms with van der Waals surface area (Å²) >= 11 is 0. The fraction of sp³-hybridized carbons (Fsp3) is 0.348. The van der Waals surface area contributed by atoms with E-state index in [1.165, 1.54) is 29.7 Å². The molecular weight excluding hydrogens is 462 g/mol. The summed E-state index contributed by atoms with van der Waals surface area (Å²) in [6, 6.07) is 15.4. The molecule has 1 fully saturated rings. The quantitative estimate of drug-likeness (QED) is 0.265. The number of hydrogen-bond donors (Lipinski definition) is 2. The van der Waals surface area contributed by atoms with E-state index in [1.807, 2.05) is 30.3 Å². The summed E-state index contributed by atoms with van der Waals surface area (Å²) in [4.78, 5) is 12.3. The van der Waals surface area contributed by atoms with E-state index < -0.39 is 20.5 Å². The van der Waals surface area contributed by atoms with Crippen LogP contribution in [0, 0.1) is 0 Å². The van der Waals surface area contributed by atoms with Crippen molar-refractivity contribution in [3.05, 3.63) is 60.5 Å². The van der Waals surface area contributed by atoms with Crippen molar-refractivity contribution in [3.8, 4) is 17.2 Å². The summed E-state index contributed by atoms with van der Waals surface area (Å²) in [7, 11) is -4.07. The molecule has 1 aromatic heterocycles. The predicted octanol–water partition coefficient (Wildman–Crippen LogP) is 2.58. The minimum absolute atomic E-state index is 0.0235. The van der Waals surface area contributed by atoms with Crippen LogP contribution < -0.4 is 10.2 Å². The normalized spacial score (nSPS) is 15.6. The van der Waals surface area contributed by atoms with Gasteiger partial charge < -0.3 is 13.9 Å². The highest BCUT2D eigenvalue weighted by atomic mass is 32.2. The number of benzene rings is 2. The molecule has 180 valence electrons. The van der Waals surface area contributed by atoms with Gasteiger partial charge in [0.15, 0.2) is 14.6 Å². The number of nitrogens with zero attached hydrogens (tertiary/aromatic N) is 2. The van der Waals surface area contributed by atoms with Crippen LogP contribution in [0.25, 0.3) is 11.5 Å². The number of aromatic nitrogens is 2. The Hall–Kier alpha value is -3.28. The Morgan fingerprint density at radius 2 is 1.76 bits per heavy atom. The van der Waals surface area contributed by atoms with Crippen LogP contribution in [-0.4, -0.2) is 54.3 Å². The molecule has 2 heterocycles. The lowest BCUT2D eigenvalue weighted by Crippen LogP contribution is -2.54. The van der Waals surface area contributed by atoms with Crippen molar-refractivity contribution in [2.45, 2.75) is 35.3 Å². The second kappa shape index (κ2) is 10.3. The summed E-state index contributed by atoms with van der Waals surface area (Å²) in [5.74, 6) is 0.507. The number of rotatable bonds is 9. The van der Waals surface area contributed by atoms with Crippen molar-refractivity contribution in [2.75, 3.05) is 19.8 Å². The number of nitrogens with one attached hydrogen (secondary N) is 1. The van der Waals surface area contributed by atoms with Crippen LogP contribution >= 0.6 is 0 Å². The van der Waals surface area contributed by atoms with Gasteiger partial charge in [0.05, 0.1) is 11.5 Å². The number of ether oxygens (including phenoxy) is 2. The molecule has 1 saturated heterocycles. The lowest BCUT2D eigenvalue weighted by Gasteiger charge is -2.34. The molecule has 2 aromatic carbocycles. The topological polar surface area (TPSA) is 141 Å². The Balaban J connectivity index is 1.34. The number of carbonyl (C=O) groups excluding carboxylic acids is 1. The molecule has 0 radical (unpaired) electrons. The molecule has 1 aliphatic rings. The van der Waals surface area contributed by atoms with E-state index in [9.17, 15) is 13.2 Å². The third kappa shape index (κ3) is 4.81. The van der Waals surface area contributed by atoms with E-state index in [0.29, 0.717) is 37.0 Å². The molecule has 2 N–H and O–H groups in total. The molecule has 1 aliphatic heterocycles. The zero-order valence-corrected chi connectivity index (χ0v) is 19.2. The summed E-state index contributed by atoms with van der Waals surface area (Å²) in [5.41, 5.74) is 2.36. The molecule has 0 atom stereocenters. The zero-order chi connectivity index (χ0) is 24.0. The molecule has 4 rings (SSSR count). The predicted molar refractivity (Wildman–Crippen MR) is 120 cm³/mol. The first-order valence-corrected chi connectivity index (χ1v) is 12.3. The number of carbonyl (C=O) groups is 1. The van der Waals surface area contributed by atoms with Crippen LogP contribution in [0.4, 0.5) is 0 Å². The van der Waals surface area contributed by atoms with Crippen molar-refractivity contribution in [1.29, 1.82) is 0 Å². The molecule has 0 aliphatic carbocycles. The fourth-order valence-electron chi connectivity index (χ4n) is 3.83. The van der Waals surface area contributed by atoms with Gasteiger partial charge in [0.1, 0.15) is 5.75 Å². The van der Waals surface area contributed by atoms with Gasteiger partial charge >= 0.3 is 0 Å². The van der Waals surface area contributed by atoms with Gasteiger partial charge in [-0.05, 0) is 55.7 Å². The van der Waals surface area contributed by atoms with E-state index in [0.717, 1.165) is 5.56 Å². The molecule has 1 amide bonds. The first-order chi connectivity index (χ1) is 16.5. The van der Waals surface area contributed by atoms with Gasteiger partial charge in [-0.15, -0.1) is 10.2 Å². The lowest BCUT2D eigenvalue weighted by molar-refractivity contribution is -0.134. The molecule has 3 aromatic rings. The van der Waals surface area contributed by atoms with E-state index in [4.69, 9.17) is 19.1 Å². The average Bonchev–Trinajstić information content (AvgIpc) is 3.36. The molecule has 0 spiro atoms. The number of amides is 1. The summed E-state index contributed by atoms with van der Waals surface area (Å²) in [6.07, 6.45) is 1.08. The fourth-order valence-corrected chi connectivity index (χ4v) is 5.77. The van der Waals surface area contributed by atoms with Crippen molar-refractivity contribution in [2.24, 2.45) is 0 Å². The Labute approximate surface area is 196 Å². The Bertz CT molecular complexity index is 1200. The second-order valence-electron chi connectivity index (χ2n) is 7.84. The number of hydroxylamine groups is 1. The van der Waals surface area contributed by atoms with Gasteiger partial charge in [-0.2, -0.15) is 0 Å². The monoisotopic (exact) mass is 487 g/mol. The van der Waals surface area contributed by atoms with Crippen molar-refractivity contribution in [3.63, 3.8) is 0 Å². The minimum atomic E-state index is -4.07. The lowest BCUT2D eigenvalue weighted by atomic mass is 9.98. The highest BCUT2D eigenvalue weighted by Crippen LogP contribution is 2.35. The van der Waals surface area contributed by atoms with Gasteiger partial charge in [-0.3, -0.25) is 10.0 Å². The van der Waals surface area contributed by atoms with Crippen molar-refractivity contribution in [1.82, 2.24) is 15.7 Å². The van der Waals surface area contributed by atoms with Crippen LogP contribution in [-0.2, 0) is 25.8 Å². The number of sulfone groups is 1. The first-order valence-electron chi connectivity index (χ1n) is 10.8. The summed E-state index contributed by atoms with van der Waals surface area (Å²) in [6.45, 7) is 0.588. The third-order valence-electron chi connectivity index (χ3n) is 5.76. The van der Waals surface area contributed by atoms with Crippen LogP contribution in [0.3, 0.4) is 0 Å². The first kappa shape index (κ1) is 23.9. The van der Waals surface area contributed by atoms with Gasteiger partial charge in [-0.25, -0.2) is 13.9 Å². The Morgan fingerprint density at radius 3 is 2.44 bits per heavy atom. The van der Waals surface area contributed by atoms with Crippen LogP contribution in [0.2, 0.25) is 0 Å². The van der Waals surface area contributed by atoms with E-state index in [2.05, 4.69) is 10.2 Å². The zero-order valence-electron chi connectivity index (χ0n) is 18.3. The highest BCUT2D eigenvalue weighted by molar-refractivity contribution is 7.93. The van der Waals surface area contributed by atoms with Crippen LogP contribution in [0.1, 0.15) is 25.2 Å². The molecular formula is C23H25N3O7S. The SMILES string of the molecule is O=C(NO)C1(S(=O)(=O)c2ccc(OCCCc3nnc(-c4ccccc4)o3)cc2)CCOCC1. The average molecular weight is 488 g/mol. The Morgan fingerprint density at radius 1 is 1.06 bits per heavy atom. The summed E-state index contributed by atoms with van der Waals surface area (Å²) in [5, 5.41) is 17.2. The smallest absolute Gasteiger partial charge is 0.265 e. The molecule has 11 heteroatoms. The molecule has 34 heavy (non-hydrogen) atoms. The third-order valence-corrected chi connectivity index (χ3v) is 8.27. The number of hydrogen-bond acceptors (Lipinski definition) is 9. The Kier molecular flexibility index (Phi) is 7.25. The molecule has 10 nitrogen and oxygen atoms in total. The minimum Gasteiger partial charge on any atom is -0.494 e. The standard InChI is InChI=1S/C23H25N3O7S/c27-22(26-28)23(12-15-31-16-13-23)34(29,30)19-10-8-18(9-11-19)32-14-4-7-20-24-25-21(33-20)17-5-2-1-3-6-17/h1-3,5-6,8-11,28H,4,7,12-16H2,(H,26,27). The van der Waals surface area contributed by atoms with Crippen molar-refractivity contribution >= 4 is 15.7 Å².